The zero-order chi connectivity index (χ0) is 20.8. The SMILES string of the molecule is CCCN(CCC)C(=O)COc1ccccc1OCC(=O)N(CCC)CCC. The summed E-state index contributed by atoms with van der Waals surface area (Å²) in [5, 5.41) is 0. The molecule has 0 aliphatic carbocycles. The number of hydrogen-bond donors (Lipinski definition) is 0. The molecule has 0 N–H and O–H groups in total. The van der Waals surface area contributed by atoms with E-state index in [0.29, 0.717) is 11.5 Å². The van der Waals surface area contributed by atoms with E-state index < -0.39 is 0 Å². The monoisotopic (exact) mass is 392 g/mol. The van der Waals surface area contributed by atoms with E-state index in [1.165, 1.54) is 0 Å². The minimum atomic E-state index is -0.0356. The lowest BCUT2D eigenvalue weighted by atomic mass is 10.3. The zero-order valence-electron chi connectivity index (χ0n) is 17.9. The molecule has 0 aliphatic rings. The van der Waals surface area contributed by atoms with Crippen molar-refractivity contribution in [1.29, 1.82) is 0 Å². The molecule has 0 heterocycles. The quantitative estimate of drug-likeness (QED) is 0.484. The van der Waals surface area contributed by atoms with Crippen LogP contribution in [0.3, 0.4) is 0 Å². The molecule has 1 aromatic carbocycles. The predicted octanol–water partition coefficient (Wildman–Crippen LogP) is 3.74. The number of ether oxygens (including phenoxy) is 2. The van der Waals surface area contributed by atoms with Gasteiger partial charge in [-0.2, -0.15) is 0 Å². The van der Waals surface area contributed by atoms with Crippen molar-refractivity contribution in [3.05, 3.63) is 24.3 Å². The Labute approximate surface area is 169 Å². The Morgan fingerprint density at radius 3 is 1.29 bits per heavy atom. The van der Waals surface area contributed by atoms with Crippen LogP contribution in [0.25, 0.3) is 0 Å². The van der Waals surface area contributed by atoms with E-state index in [4.69, 9.17) is 9.47 Å². The van der Waals surface area contributed by atoms with Gasteiger partial charge in [0.2, 0.25) is 0 Å². The first kappa shape index (κ1) is 23.8. The third-order valence-electron chi connectivity index (χ3n) is 4.23. The van der Waals surface area contributed by atoms with Gasteiger partial charge in [0.25, 0.3) is 11.8 Å². The van der Waals surface area contributed by atoms with E-state index in [1.807, 2.05) is 21.9 Å². The number of carbonyl (C=O) groups is 2. The second-order valence-electron chi connectivity index (χ2n) is 6.79. The highest BCUT2D eigenvalue weighted by atomic mass is 16.5. The Morgan fingerprint density at radius 1 is 0.679 bits per heavy atom. The minimum Gasteiger partial charge on any atom is -0.480 e. The van der Waals surface area contributed by atoms with Gasteiger partial charge >= 0.3 is 0 Å². The summed E-state index contributed by atoms with van der Waals surface area (Å²) < 4.78 is 11.4. The van der Waals surface area contributed by atoms with E-state index in [-0.39, 0.29) is 25.0 Å². The summed E-state index contributed by atoms with van der Waals surface area (Å²) in [5.41, 5.74) is 0. The molecule has 6 nitrogen and oxygen atoms in total. The van der Waals surface area contributed by atoms with Gasteiger partial charge < -0.3 is 19.3 Å². The summed E-state index contributed by atoms with van der Waals surface area (Å²) in [7, 11) is 0. The fourth-order valence-electron chi connectivity index (χ4n) is 2.95. The first-order valence-corrected chi connectivity index (χ1v) is 10.5. The average molecular weight is 393 g/mol. The number of carbonyl (C=O) groups excluding carboxylic acids is 2. The number of amides is 2. The molecule has 6 heteroatoms. The summed E-state index contributed by atoms with van der Waals surface area (Å²) >= 11 is 0. The van der Waals surface area contributed by atoms with Crippen LogP contribution < -0.4 is 9.47 Å². The smallest absolute Gasteiger partial charge is 0.260 e. The van der Waals surface area contributed by atoms with Crippen LogP contribution in [-0.2, 0) is 9.59 Å². The van der Waals surface area contributed by atoms with E-state index in [0.717, 1.165) is 51.9 Å². The maximum atomic E-state index is 12.4. The van der Waals surface area contributed by atoms with Gasteiger partial charge in [0, 0.05) is 26.2 Å². The predicted molar refractivity (Wildman–Crippen MR) is 112 cm³/mol. The molecule has 0 aromatic heterocycles. The van der Waals surface area contributed by atoms with Crippen LogP contribution in [0.1, 0.15) is 53.4 Å². The highest BCUT2D eigenvalue weighted by Crippen LogP contribution is 2.26. The molecule has 158 valence electrons. The molecule has 28 heavy (non-hydrogen) atoms. The van der Waals surface area contributed by atoms with Crippen LogP contribution >= 0.6 is 0 Å². The van der Waals surface area contributed by atoms with Gasteiger partial charge in [0.1, 0.15) is 0 Å². The Hall–Kier alpha value is -2.24. The van der Waals surface area contributed by atoms with Crippen LogP contribution in [0.15, 0.2) is 24.3 Å². The highest BCUT2D eigenvalue weighted by molar-refractivity contribution is 5.78. The van der Waals surface area contributed by atoms with Crippen LogP contribution in [0.5, 0.6) is 11.5 Å². The van der Waals surface area contributed by atoms with Crippen LogP contribution in [0.2, 0.25) is 0 Å². The van der Waals surface area contributed by atoms with Gasteiger partial charge in [0.15, 0.2) is 24.7 Å². The van der Waals surface area contributed by atoms with Crippen LogP contribution in [0.4, 0.5) is 0 Å². The summed E-state index contributed by atoms with van der Waals surface area (Å²) in [6, 6.07) is 7.16. The molecular weight excluding hydrogens is 356 g/mol. The normalized spacial score (nSPS) is 10.4. The van der Waals surface area contributed by atoms with Crippen molar-refractivity contribution in [2.75, 3.05) is 39.4 Å². The summed E-state index contributed by atoms with van der Waals surface area (Å²) in [4.78, 5) is 28.5. The average Bonchev–Trinajstić information content (AvgIpc) is 2.70. The maximum Gasteiger partial charge on any atom is 0.260 e. The lowest BCUT2D eigenvalue weighted by molar-refractivity contribution is -0.134. The number of para-hydroxylation sites is 2. The van der Waals surface area contributed by atoms with Gasteiger partial charge in [-0.05, 0) is 37.8 Å². The molecule has 0 aliphatic heterocycles. The van der Waals surface area contributed by atoms with Crippen molar-refractivity contribution in [3.63, 3.8) is 0 Å². The zero-order valence-corrected chi connectivity index (χ0v) is 17.9. The maximum absolute atomic E-state index is 12.4. The molecule has 1 rings (SSSR count). The molecule has 0 saturated carbocycles. The fraction of sp³-hybridized carbons (Fsp3) is 0.636. The highest BCUT2D eigenvalue weighted by Gasteiger charge is 2.16. The Kier molecular flexibility index (Phi) is 11.8. The van der Waals surface area contributed by atoms with Crippen molar-refractivity contribution in [1.82, 2.24) is 9.80 Å². The molecule has 0 fully saturated rings. The van der Waals surface area contributed by atoms with Crippen molar-refractivity contribution in [2.45, 2.75) is 53.4 Å². The molecule has 0 atom stereocenters. The van der Waals surface area contributed by atoms with E-state index in [2.05, 4.69) is 27.7 Å². The Morgan fingerprint density at radius 2 is 1.00 bits per heavy atom. The summed E-state index contributed by atoms with van der Waals surface area (Å²) in [6.45, 7) is 11.1. The lowest BCUT2D eigenvalue weighted by Gasteiger charge is -2.23. The van der Waals surface area contributed by atoms with Crippen molar-refractivity contribution >= 4 is 11.8 Å². The van der Waals surface area contributed by atoms with Crippen molar-refractivity contribution < 1.29 is 19.1 Å². The van der Waals surface area contributed by atoms with Gasteiger partial charge in [-0.25, -0.2) is 0 Å². The fourth-order valence-corrected chi connectivity index (χ4v) is 2.95. The van der Waals surface area contributed by atoms with Gasteiger partial charge in [0.05, 0.1) is 0 Å². The van der Waals surface area contributed by atoms with Gasteiger partial charge in [-0.1, -0.05) is 39.8 Å². The number of benzene rings is 1. The second kappa shape index (κ2) is 13.9. The van der Waals surface area contributed by atoms with Crippen molar-refractivity contribution in [3.8, 4) is 11.5 Å². The topological polar surface area (TPSA) is 59.1 Å². The first-order chi connectivity index (χ1) is 13.6. The van der Waals surface area contributed by atoms with Crippen molar-refractivity contribution in [2.24, 2.45) is 0 Å². The standard InChI is InChI=1S/C22H36N2O4/c1-5-13-23(14-6-2)21(25)17-27-19-11-9-10-12-20(19)28-18-22(26)24(15-7-3)16-8-4/h9-12H,5-8,13-18H2,1-4H3. The molecule has 0 unspecified atom stereocenters. The third-order valence-corrected chi connectivity index (χ3v) is 4.23. The third kappa shape index (κ3) is 8.19. The molecule has 0 spiro atoms. The molecule has 0 radical (unpaired) electrons. The van der Waals surface area contributed by atoms with E-state index in [1.54, 1.807) is 12.1 Å². The largest absolute Gasteiger partial charge is 0.480 e. The molecule has 0 bridgehead atoms. The molecule has 2 amide bonds. The van der Waals surface area contributed by atoms with E-state index >= 15 is 0 Å². The van der Waals surface area contributed by atoms with Gasteiger partial charge in [-0.15, -0.1) is 0 Å². The Balaban J connectivity index is 2.66. The first-order valence-electron chi connectivity index (χ1n) is 10.5. The Bertz CT molecular complexity index is 529. The van der Waals surface area contributed by atoms with Crippen LogP contribution in [0, 0.1) is 0 Å². The molecular formula is C22H36N2O4. The lowest BCUT2D eigenvalue weighted by Crippen LogP contribution is -2.36. The molecule has 0 saturated heterocycles. The summed E-state index contributed by atoms with van der Waals surface area (Å²) in [6.07, 6.45) is 3.66. The second-order valence-corrected chi connectivity index (χ2v) is 6.79. The summed E-state index contributed by atoms with van der Waals surface area (Å²) in [5.74, 6) is 0.890. The van der Waals surface area contributed by atoms with E-state index in [9.17, 15) is 9.59 Å². The minimum absolute atomic E-state index is 0.0355. The number of nitrogens with zero attached hydrogens (tertiary/aromatic N) is 2. The van der Waals surface area contributed by atoms with Gasteiger partial charge in [-0.3, -0.25) is 9.59 Å². The van der Waals surface area contributed by atoms with Crippen LogP contribution in [-0.4, -0.2) is 61.0 Å². The number of rotatable bonds is 14. The number of hydrogen-bond acceptors (Lipinski definition) is 4. The molecule has 1 aromatic rings.